The van der Waals surface area contributed by atoms with Crippen LogP contribution in [0.15, 0.2) is 12.2 Å². The van der Waals surface area contributed by atoms with E-state index in [1.54, 1.807) is 0 Å². The molecule has 202 valence electrons. The molecule has 0 aromatic heterocycles. The van der Waals surface area contributed by atoms with E-state index in [0.717, 1.165) is 44.6 Å². The predicted molar refractivity (Wildman–Crippen MR) is 143 cm³/mol. The van der Waals surface area contributed by atoms with Crippen LogP contribution < -0.4 is 5.32 Å². The Hall–Kier alpha value is -0.870. The summed E-state index contributed by atoms with van der Waals surface area (Å²) in [5.41, 5.74) is 0.589. The summed E-state index contributed by atoms with van der Waals surface area (Å²) in [6.07, 6.45) is 17.4. The Morgan fingerprint density at radius 1 is 0.972 bits per heavy atom. The number of carbonyl (C=O) groups is 1. The summed E-state index contributed by atoms with van der Waals surface area (Å²) in [4.78, 5) is 12.7. The fourth-order valence-corrected chi connectivity index (χ4v) is 11.2. The van der Waals surface area contributed by atoms with Crippen molar-refractivity contribution in [2.45, 2.75) is 110 Å². The molecule has 1 amide bonds. The lowest BCUT2D eigenvalue weighted by molar-refractivity contribution is -0.174. The molecule has 13 unspecified atom stereocenters. The van der Waals surface area contributed by atoms with E-state index in [-0.39, 0.29) is 18.1 Å². The van der Waals surface area contributed by atoms with Crippen LogP contribution in [0, 0.1) is 64.1 Å². The SMILES string of the molecule is CC(CCC(=O)NCC1CC2C=CC1C2)C1CCC2C3C(O)CC4CC(O)CCC4(C)C3CCC12C. The van der Waals surface area contributed by atoms with Gasteiger partial charge in [-0.1, -0.05) is 32.9 Å². The molecule has 4 nitrogen and oxygen atoms in total. The molecule has 5 saturated carbocycles. The fraction of sp³-hybridized carbons (Fsp3) is 0.906. The molecule has 0 aromatic carbocycles. The first kappa shape index (κ1) is 25.4. The van der Waals surface area contributed by atoms with Gasteiger partial charge >= 0.3 is 0 Å². The van der Waals surface area contributed by atoms with Crippen LogP contribution in [0.4, 0.5) is 0 Å². The van der Waals surface area contributed by atoms with Crippen LogP contribution in [-0.2, 0) is 4.79 Å². The molecule has 0 radical (unpaired) electrons. The zero-order valence-corrected chi connectivity index (χ0v) is 23.0. The first-order valence-corrected chi connectivity index (χ1v) is 15.5. The summed E-state index contributed by atoms with van der Waals surface area (Å²) in [6, 6.07) is 0. The number of aliphatic hydroxyl groups excluding tert-OH is 2. The van der Waals surface area contributed by atoms with Gasteiger partial charge in [0.15, 0.2) is 0 Å². The maximum absolute atomic E-state index is 12.7. The van der Waals surface area contributed by atoms with Gasteiger partial charge in [0.25, 0.3) is 0 Å². The highest BCUT2D eigenvalue weighted by molar-refractivity contribution is 5.75. The number of hydrogen-bond acceptors (Lipinski definition) is 3. The van der Waals surface area contributed by atoms with Gasteiger partial charge in [-0.25, -0.2) is 0 Å². The van der Waals surface area contributed by atoms with Crippen molar-refractivity contribution in [2.24, 2.45) is 64.1 Å². The first-order valence-electron chi connectivity index (χ1n) is 15.5. The Bertz CT molecular complexity index is 871. The van der Waals surface area contributed by atoms with E-state index in [2.05, 4.69) is 38.2 Å². The molecule has 0 heterocycles. The van der Waals surface area contributed by atoms with Crippen molar-refractivity contribution in [1.29, 1.82) is 0 Å². The average molecular weight is 498 g/mol. The topological polar surface area (TPSA) is 69.6 Å². The monoisotopic (exact) mass is 497 g/mol. The van der Waals surface area contributed by atoms with E-state index in [0.29, 0.717) is 64.6 Å². The summed E-state index contributed by atoms with van der Waals surface area (Å²) in [7, 11) is 0. The zero-order chi connectivity index (χ0) is 25.2. The van der Waals surface area contributed by atoms with Gasteiger partial charge in [0.2, 0.25) is 5.91 Å². The summed E-state index contributed by atoms with van der Waals surface area (Å²) in [6.45, 7) is 8.29. The van der Waals surface area contributed by atoms with Crippen LogP contribution in [0.1, 0.15) is 97.8 Å². The molecular weight excluding hydrogens is 446 g/mol. The van der Waals surface area contributed by atoms with Gasteiger partial charge in [-0.05, 0) is 135 Å². The quantitative estimate of drug-likeness (QED) is 0.411. The number of rotatable bonds is 6. The van der Waals surface area contributed by atoms with Gasteiger partial charge < -0.3 is 15.5 Å². The van der Waals surface area contributed by atoms with Gasteiger partial charge in [-0.2, -0.15) is 0 Å². The van der Waals surface area contributed by atoms with E-state index in [4.69, 9.17) is 0 Å². The van der Waals surface area contributed by atoms with Crippen LogP contribution in [0.3, 0.4) is 0 Å². The normalized spacial score (nSPS) is 51.9. The maximum atomic E-state index is 12.7. The average Bonchev–Trinajstić information content (AvgIpc) is 3.56. The summed E-state index contributed by atoms with van der Waals surface area (Å²) in [5.74, 6) is 5.72. The van der Waals surface area contributed by atoms with Crippen LogP contribution >= 0.6 is 0 Å². The van der Waals surface area contributed by atoms with E-state index < -0.39 is 0 Å². The standard InChI is InChI=1S/C32H51NO3/c1-19(4-9-29(36)33-18-22-15-20-5-6-21(22)14-20)25-7-8-26-30-27(11-13-32(25,26)3)31(2)12-10-24(34)16-23(31)17-28(30)35/h5-6,19-28,30,34-35H,4,7-18H2,1-3H3,(H,33,36). The molecule has 6 rings (SSSR count). The van der Waals surface area contributed by atoms with Crippen LogP contribution in [-0.4, -0.2) is 34.9 Å². The molecular formula is C32H51NO3. The highest BCUT2D eigenvalue weighted by atomic mass is 16.3. The van der Waals surface area contributed by atoms with Crippen molar-refractivity contribution in [3.8, 4) is 0 Å². The lowest BCUT2D eigenvalue weighted by Gasteiger charge is -2.62. The largest absolute Gasteiger partial charge is 0.393 e. The molecule has 13 atom stereocenters. The number of fused-ring (bicyclic) bond motifs is 7. The summed E-state index contributed by atoms with van der Waals surface area (Å²) >= 11 is 0. The van der Waals surface area contributed by atoms with Gasteiger partial charge in [0, 0.05) is 13.0 Å². The number of allylic oxidation sites excluding steroid dienone is 2. The molecule has 6 aliphatic rings. The maximum Gasteiger partial charge on any atom is 0.220 e. The van der Waals surface area contributed by atoms with Crippen molar-refractivity contribution in [1.82, 2.24) is 5.32 Å². The van der Waals surface area contributed by atoms with E-state index in [1.165, 1.54) is 38.5 Å². The first-order chi connectivity index (χ1) is 17.2. The van der Waals surface area contributed by atoms with Crippen molar-refractivity contribution >= 4 is 5.91 Å². The minimum Gasteiger partial charge on any atom is -0.393 e. The van der Waals surface area contributed by atoms with Crippen molar-refractivity contribution in [3.05, 3.63) is 12.2 Å². The minimum atomic E-state index is -0.205. The zero-order valence-electron chi connectivity index (χ0n) is 23.0. The minimum absolute atomic E-state index is 0.167. The Labute approximate surface area is 219 Å². The summed E-state index contributed by atoms with van der Waals surface area (Å²) < 4.78 is 0. The molecule has 5 fully saturated rings. The van der Waals surface area contributed by atoms with Crippen molar-refractivity contribution in [3.63, 3.8) is 0 Å². The second-order valence-corrected chi connectivity index (χ2v) is 14.8. The second-order valence-electron chi connectivity index (χ2n) is 14.8. The van der Waals surface area contributed by atoms with E-state index in [1.807, 2.05) is 0 Å². The molecule has 6 aliphatic carbocycles. The molecule has 36 heavy (non-hydrogen) atoms. The number of amides is 1. The smallest absolute Gasteiger partial charge is 0.220 e. The lowest BCUT2D eigenvalue weighted by atomic mass is 9.43. The molecule has 0 aliphatic heterocycles. The fourth-order valence-electron chi connectivity index (χ4n) is 11.2. The summed E-state index contributed by atoms with van der Waals surface area (Å²) in [5, 5.41) is 25.1. The lowest BCUT2D eigenvalue weighted by Crippen LogP contribution is -2.58. The highest BCUT2D eigenvalue weighted by Crippen LogP contribution is 2.68. The Kier molecular flexibility index (Phi) is 6.63. The van der Waals surface area contributed by atoms with Gasteiger partial charge in [0.1, 0.15) is 0 Å². The number of carbonyl (C=O) groups excluding carboxylic acids is 1. The van der Waals surface area contributed by atoms with Gasteiger partial charge in [-0.3, -0.25) is 4.79 Å². The molecule has 2 bridgehead atoms. The van der Waals surface area contributed by atoms with Crippen LogP contribution in [0.5, 0.6) is 0 Å². The van der Waals surface area contributed by atoms with E-state index >= 15 is 0 Å². The second kappa shape index (κ2) is 9.40. The van der Waals surface area contributed by atoms with Crippen LogP contribution in [0.2, 0.25) is 0 Å². The number of hydrogen-bond donors (Lipinski definition) is 3. The van der Waals surface area contributed by atoms with E-state index in [9.17, 15) is 15.0 Å². The Morgan fingerprint density at radius 2 is 1.75 bits per heavy atom. The molecule has 4 heteroatoms. The van der Waals surface area contributed by atoms with Crippen LogP contribution in [0.25, 0.3) is 0 Å². The Balaban J connectivity index is 1.06. The number of nitrogens with one attached hydrogen (secondary N) is 1. The highest BCUT2D eigenvalue weighted by Gasteiger charge is 2.62. The van der Waals surface area contributed by atoms with Crippen molar-refractivity contribution in [2.75, 3.05) is 6.54 Å². The molecule has 0 spiro atoms. The number of aliphatic hydroxyl groups is 2. The molecule has 0 aromatic rings. The van der Waals surface area contributed by atoms with Gasteiger partial charge in [0.05, 0.1) is 12.2 Å². The molecule has 0 saturated heterocycles. The third-order valence-corrected chi connectivity index (χ3v) is 13.2. The molecule has 3 N–H and O–H groups in total. The third-order valence-electron chi connectivity index (χ3n) is 13.2. The van der Waals surface area contributed by atoms with Crippen molar-refractivity contribution < 1.29 is 15.0 Å². The van der Waals surface area contributed by atoms with Gasteiger partial charge in [-0.15, -0.1) is 0 Å². The Morgan fingerprint density at radius 3 is 2.50 bits per heavy atom. The predicted octanol–water partition coefficient (Wildman–Crippen LogP) is 5.72. The third kappa shape index (κ3) is 4.12.